The van der Waals surface area contributed by atoms with Crippen LogP contribution < -0.4 is 10.5 Å². The standard InChI is InChI=1S/C12H17BrN2O3/c1-12(2,3)9(7-17-11(14)16)18-10-6-8(13)4-5-15-10/h4-6,9H,7H2,1-3H3,(H2,14,16)/t9-/m0/s1. The Bertz CT molecular complexity index is 418. The zero-order valence-corrected chi connectivity index (χ0v) is 12.2. The third-order valence-corrected chi connectivity index (χ3v) is 2.80. The molecule has 18 heavy (non-hydrogen) atoms. The van der Waals surface area contributed by atoms with E-state index in [4.69, 9.17) is 15.2 Å². The van der Waals surface area contributed by atoms with E-state index in [1.165, 1.54) is 0 Å². The summed E-state index contributed by atoms with van der Waals surface area (Å²) in [5.74, 6) is 0.470. The Hall–Kier alpha value is -1.30. The lowest BCUT2D eigenvalue weighted by atomic mass is 9.89. The summed E-state index contributed by atoms with van der Waals surface area (Å²) < 4.78 is 11.4. The predicted octanol–water partition coefficient (Wildman–Crippen LogP) is 2.73. The number of ether oxygens (including phenoxy) is 2. The molecule has 1 heterocycles. The molecule has 0 saturated carbocycles. The van der Waals surface area contributed by atoms with E-state index in [0.29, 0.717) is 5.88 Å². The van der Waals surface area contributed by atoms with Crippen LogP contribution in [0.4, 0.5) is 4.79 Å². The number of nitrogens with zero attached hydrogens (tertiary/aromatic N) is 1. The van der Waals surface area contributed by atoms with Crippen LogP contribution in [0.15, 0.2) is 22.8 Å². The van der Waals surface area contributed by atoms with Crippen molar-refractivity contribution < 1.29 is 14.3 Å². The molecule has 0 aliphatic carbocycles. The number of primary amides is 1. The molecule has 2 N–H and O–H groups in total. The highest BCUT2D eigenvalue weighted by molar-refractivity contribution is 9.10. The van der Waals surface area contributed by atoms with Crippen LogP contribution in [-0.4, -0.2) is 23.8 Å². The van der Waals surface area contributed by atoms with Crippen LogP contribution in [0.2, 0.25) is 0 Å². The molecule has 0 saturated heterocycles. The third kappa shape index (κ3) is 4.91. The van der Waals surface area contributed by atoms with Gasteiger partial charge >= 0.3 is 6.09 Å². The second kappa shape index (κ2) is 6.04. The second-order valence-electron chi connectivity index (χ2n) is 4.91. The summed E-state index contributed by atoms with van der Waals surface area (Å²) in [5.41, 5.74) is 4.75. The maximum Gasteiger partial charge on any atom is 0.404 e. The van der Waals surface area contributed by atoms with Gasteiger partial charge in [0.05, 0.1) is 0 Å². The Morgan fingerprint density at radius 3 is 2.72 bits per heavy atom. The molecule has 0 aromatic carbocycles. The van der Waals surface area contributed by atoms with Gasteiger partial charge in [-0.1, -0.05) is 36.7 Å². The predicted molar refractivity (Wildman–Crippen MR) is 71.3 cm³/mol. The van der Waals surface area contributed by atoms with Gasteiger partial charge in [-0.2, -0.15) is 0 Å². The first-order chi connectivity index (χ1) is 8.29. The Morgan fingerprint density at radius 1 is 1.56 bits per heavy atom. The number of hydrogen-bond donors (Lipinski definition) is 1. The van der Waals surface area contributed by atoms with Crippen LogP contribution in [0.1, 0.15) is 20.8 Å². The van der Waals surface area contributed by atoms with Gasteiger partial charge in [-0.3, -0.25) is 0 Å². The Morgan fingerprint density at radius 2 is 2.22 bits per heavy atom. The number of pyridine rings is 1. The van der Waals surface area contributed by atoms with Crippen LogP contribution in [-0.2, 0) is 4.74 Å². The fourth-order valence-electron chi connectivity index (χ4n) is 1.21. The summed E-state index contributed by atoms with van der Waals surface area (Å²) in [4.78, 5) is 14.8. The van der Waals surface area contributed by atoms with Crippen LogP contribution in [0.25, 0.3) is 0 Å². The number of amides is 1. The smallest absolute Gasteiger partial charge is 0.404 e. The Balaban J connectivity index is 2.75. The maximum absolute atomic E-state index is 10.7. The van der Waals surface area contributed by atoms with Gasteiger partial charge in [-0.15, -0.1) is 0 Å². The summed E-state index contributed by atoms with van der Waals surface area (Å²) >= 11 is 3.34. The summed E-state index contributed by atoms with van der Waals surface area (Å²) in [7, 11) is 0. The fourth-order valence-corrected chi connectivity index (χ4v) is 1.53. The highest BCUT2D eigenvalue weighted by atomic mass is 79.9. The van der Waals surface area contributed by atoms with Gasteiger partial charge in [0, 0.05) is 22.2 Å². The number of nitrogens with two attached hydrogens (primary N) is 1. The molecule has 1 amide bonds. The van der Waals surface area contributed by atoms with Gasteiger partial charge in [0.25, 0.3) is 0 Å². The highest BCUT2D eigenvalue weighted by Crippen LogP contribution is 2.25. The van der Waals surface area contributed by atoms with E-state index in [-0.39, 0.29) is 18.1 Å². The lowest BCUT2D eigenvalue weighted by molar-refractivity contribution is 0.0211. The minimum atomic E-state index is -0.810. The summed E-state index contributed by atoms with van der Waals surface area (Å²) in [5, 5.41) is 0. The molecular weight excluding hydrogens is 300 g/mol. The molecule has 1 atom stereocenters. The van der Waals surface area contributed by atoms with Crippen molar-refractivity contribution in [1.29, 1.82) is 0 Å². The molecule has 6 heteroatoms. The lowest BCUT2D eigenvalue weighted by Crippen LogP contribution is -2.38. The molecule has 1 aromatic rings. The average Bonchev–Trinajstić information content (AvgIpc) is 2.22. The third-order valence-electron chi connectivity index (χ3n) is 2.30. The SMILES string of the molecule is CC(C)(C)[C@H](COC(N)=O)Oc1cc(Br)ccn1. The Kier molecular flexibility index (Phi) is 4.95. The van der Waals surface area contributed by atoms with Crippen molar-refractivity contribution in [3.63, 3.8) is 0 Å². The second-order valence-corrected chi connectivity index (χ2v) is 5.83. The number of halogens is 1. The lowest BCUT2D eigenvalue weighted by Gasteiger charge is -2.30. The first kappa shape index (κ1) is 14.8. The normalized spacial score (nSPS) is 12.9. The molecule has 1 rings (SSSR count). The zero-order valence-electron chi connectivity index (χ0n) is 10.6. The number of carbonyl (C=O) groups excluding carboxylic acids is 1. The van der Waals surface area contributed by atoms with E-state index < -0.39 is 6.09 Å². The summed E-state index contributed by atoms with van der Waals surface area (Å²) in [6.07, 6.45) is 0.496. The molecule has 1 aromatic heterocycles. The van der Waals surface area contributed by atoms with E-state index in [1.54, 1.807) is 18.3 Å². The number of hydrogen-bond acceptors (Lipinski definition) is 4. The van der Waals surface area contributed by atoms with Gasteiger partial charge in [-0.05, 0) is 6.07 Å². The molecular formula is C12H17BrN2O3. The van der Waals surface area contributed by atoms with Gasteiger partial charge in [0.15, 0.2) is 0 Å². The number of aromatic nitrogens is 1. The van der Waals surface area contributed by atoms with Crippen molar-refractivity contribution in [3.05, 3.63) is 22.8 Å². The number of rotatable bonds is 4. The number of carbonyl (C=O) groups is 1. The van der Waals surface area contributed by atoms with Gasteiger partial charge in [-0.25, -0.2) is 9.78 Å². The molecule has 0 bridgehead atoms. The van der Waals surface area contributed by atoms with E-state index in [9.17, 15) is 4.79 Å². The molecule has 0 aliphatic heterocycles. The molecule has 5 nitrogen and oxygen atoms in total. The minimum absolute atomic E-state index is 0.0903. The molecule has 0 unspecified atom stereocenters. The first-order valence-electron chi connectivity index (χ1n) is 5.49. The van der Waals surface area contributed by atoms with Crippen molar-refractivity contribution in [2.75, 3.05) is 6.61 Å². The van der Waals surface area contributed by atoms with Crippen LogP contribution in [0, 0.1) is 5.41 Å². The molecule has 0 aliphatic rings. The van der Waals surface area contributed by atoms with Crippen molar-refractivity contribution in [1.82, 2.24) is 4.98 Å². The summed E-state index contributed by atoms with van der Waals surface area (Å²) in [6, 6.07) is 3.56. The average molecular weight is 317 g/mol. The monoisotopic (exact) mass is 316 g/mol. The van der Waals surface area contributed by atoms with Crippen molar-refractivity contribution in [3.8, 4) is 5.88 Å². The largest absolute Gasteiger partial charge is 0.470 e. The zero-order chi connectivity index (χ0) is 13.8. The van der Waals surface area contributed by atoms with Gasteiger partial charge in [0.2, 0.25) is 5.88 Å². The quantitative estimate of drug-likeness (QED) is 0.926. The fraction of sp³-hybridized carbons (Fsp3) is 0.500. The van der Waals surface area contributed by atoms with E-state index in [0.717, 1.165) is 4.47 Å². The molecule has 0 radical (unpaired) electrons. The molecule has 0 fully saturated rings. The van der Waals surface area contributed by atoms with E-state index in [2.05, 4.69) is 20.9 Å². The summed E-state index contributed by atoms with van der Waals surface area (Å²) in [6.45, 7) is 6.05. The van der Waals surface area contributed by atoms with Crippen LogP contribution in [0.5, 0.6) is 5.88 Å². The van der Waals surface area contributed by atoms with Crippen molar-refractivity contribution in [2.45, 2.75) is 26.9 Å². The van der Waals surface area contributed by atoms with Gasteiger partial charge in [0.1, 0.15) is 12.7 Å². The van der Waals surface area contributed by atoms with E-state index >= 15 is 0 Å². The minimum Gasteiger partial charge on any atom is -0.470 e. The molecule has 100 valence electrons. The first-order valence-corrected chi connectivity index (χ1v) is 6.29. The van der Waals surface area contributed by atoms with Crippen LogP contribution >= 0.6 is 15.9 Å². The van der Waals surface area contributed by atoms with E-state index in [1.807, 2.05) is 20.8 Å². The maximum atomic E-state index is 10.7. The highest BCUT2D eigenvalue weighted by Gasteiger charge is 2.28. The van der Waals surface area contributed by atoms with Crippen LogP contribution in [0.3, 0.4) is 0 Å². The topological polar surface area (TPSA) is 74.4 Å². The van der Waals surface area contributed by atoms with Gasteiger partial charge < -0.3 is 15.2 Å². The molecule has 0 spiro atoms. The Labute approximate surface area is 115 Å². The van der Waals surface area contributed by atoms with Crippen molar-refractivity contribution >= 4 is 22.0 Å². The van der Waals surface area contributed by atoms with Crippen molar-refractivity contribution in [2.24, 2.45) is 11.1 Å².